The molecule has 1 nitrogen and oxygen atoms in total. The minimum Gasteiger partial charge on any atom is -0.315 e. The summed E-state index contributed by atoms with van der Waals surface area (Å²) in [6, 6.07) is 0. The second-order valence-electron chi connectivity index (χ2n) is 1.43. The zero-order valence-corrected chi connectivity index (χ0v) is 7.52. The fraction of sp³-hybridized carbons (Fsp3) is 1.00. The second-order valence-corrected chi connectivity index (χ2v) is 3.21. The van der Waals surface area contributed by atoms with Gasteiger partial charge in [-0.05, 0) is 6.26 Å². The van der Waals surface area contributed by atoms with Crippen LogP contribution < -0.4 is 5.32 Å². The summed E-state index contributed by atoms with van der Waals surface area (Å²) in [7, 11) is 0. The first-order valence-electron chi connectivity index (χ1n) is 2.67. The molecular weight excluding hydrogens is 186 g/mol. The normalized spacial score (nSPS) is 9.75. The second kappa shape index (κ2) is 7.79. The quantitative estimate of drug-likeness (QED) is 0.528. The van der Waals surface area contributed by atoms with E-state index < -0.39 is 0 Å². The van der Waals surface area contributed by atoms with Crippen LogP contribution in [0.2, 0.25) is 0 Å². The van der Waals surface area contributed by atoms with Crippen LogP contribution in [-0.4, -0.2) is 30.4 Å². The molecule has 0 amide bonds. The lowest BCUT2D eigenvalue weighted by molar-refractivity contribution is 0.777. The maximum Gasteiger partial charge on any atom is 0.0157 e. The molecular formula is C5H12BrNS. The van der Waals surface area contributed by atoms with E-state index in [0.717, 1.165) is 18.4 Å². The van der Waals surface area contributed by atoms with E-state index in [4.69, 9.17) is 0 Å². The number of rotatable bonds is 5. The summed E-state index contributed by atoms with van der Waals surface area (Å²) in [6.45, 7) is 2.22. The van der Waals surface area contributed by atoms with Gasteiger partial charge in [0.1, 0.15) is 0 Å². The summed E-state index contributed by atoms with van der Waals surface area (Å²) in [5.74, 6) is 1.22. The van der Waals surface area contributed by atoms with Gasteiger partial charge in [0.25, 0.3) is 0 Å². The van der Waals surface area contributed by atoms with E-state index in [0.29, 0.717) is 0 Å². The molecule has 0 bridgehead atoms. The summed E-state index contributed by atoms with van der Waals surface area (Å²) in [4.78, 5) is 0. The van der Waals surface area contributed by atoms with Gasteiger partial charge in [0.15, 0.2) is 0 Å². The van der Waals surface area contributed by atoms with Crippen molar-refractivity contribution in [2.24, 2.45) is 0 Å². The van der Waals surface area contributed by atoms with Crippen molar-refractivity contribution in [1.82, 2.24) is 5.32 Å². The number of halogens is 1. The molecule has 0 rings (SSSR count). The van der Waals surface area contributed by atoms with E-state index in [9.17, 15) is 0 Å². The van der Waals surface area contributed by atoms with Crippen LogP contribution in [0.1, 0.15) is 0 Å². The lowest BCUT2D eigenvalue weighted by Crippen LogP contribution is -2.18. The number of alkyl halides is 1. The molecule has 0 atom stereocenters. The molecule has 0 aromatic carbocycles. The minimum absolute atomic E-state index is 1.06. The van der Waals surface area contributed by atoms with E-state index in [1.165, 1.54) is 5.75 Å². The Labute approximate surface area is 63.7 Å². The molecule has 0 fully saturated rings. The molecule has 0 heterocycles. The monoisotopic (exact) mass is 197 g/mol. The molecule has 8 heavy (non-hydrogen) atoms. The van der Waals surface area contributed by atoms with Crippen LogP contribution in [0.3, 0.4) is 0 Å². The zero-order chi connectivity index (χ0) is 6.24. The summed E-state index contributed by atoms with van der Waals surface area (Å²) < 4.78 is 0. The first-order valence-corrected chi connectivity index (χ1v) is 5.19. The largest absolute Gasteiger partial charge is 0.315 e. The molecule has 0 aliphatic rings. The van der Waals surface area contributed by atoms with Crippen LogP contribution in [0.15, 0.2) is 0 Å². The Hall–Kier alpha value is 0.790. The van der Waals surface area contributed by atoms with Gasteiger partial charge in [-0.15, -0.1) is 0 Å². The van der Waals surface area contributed by atoms with Gasteiger partial charge in [0.2, 0.25) is 0 Å². The smallest absolute Gasteiger partial charge is 0.0157 e. The summed E-state index contributed by atoms with van der Waals surface area (Å²) in [5, 5.41) is 4.33. The van der Waals surface area contributed by atoms with Crippen molar-refractivity contribution in [2.45, 2.75) is 0 Å². The van der Waals surface area contributed by atoms with Crippen LogP contribution in [0.25, 0.3) is 0 Å². The van der Waals surface area contributed by atoms with E-state index in [1.54, 1.807) is 0 Å². The first kappa shape index (κ1) is 8.79. The summed E-state index contributed by atoms with van der Waals surface area (Å²) in [6.07, 6.45) is 2.12. The molecule has 0 unspecified atom stereocenters. The number of thioether (sulfide) groups is 1. The van der Waals surface area contributed by atoms with Crippen molar-refractivity contribution in [2.75, 3.05) is 30.4 Å². The standard InChI is InChI=1S/C5H12BrNS/c1-8-5-4-7-3-2-6/h7H,2-5H2,1H3. The SMILES string of the molecule is CSCCNCCBr. The van der Waals surface area contributed by atoms with E-state index in [-0.39, 0.29) is 0 Å². The third kappa shape index (κ3) is 6.79. The Morgan fingerprint density at radius 3 is 2.75 bits per heavy atom. The van der Waals surface area contributed by atoms with Gasteiger partial charge in [-0.3, -0.25) is 0 Å². The van der Waals surface area contributed by atoms with Gasteiger partial charge in [-0.1, -0.05) is 15.9 Å². The summed E-state index contributed by atoms with van der Waals surface area (Å²) >= 11 is 5.21. The fourth-order valence-electron chi connectivity index (χ4n) is 0.366. The highest BCUT2D eigenvalue weighted by Crippen LogP contribution is 1.86. The molecule has 0 spiro atoms. The zero-order valence-electron chi connectivity index (χ0n) is 5.11. The average molecular weight is 198 g/mol. The first-order chi connectivity index (χ1) is 3.91. The molecule has 0 aliphatic carbocycles. The van der Waals surface area contributed by atoms with E-state index in [1.807, 2.05) is 11.8 Å². The Bertz CT molecular complexity index is 37.4. The topological polar surface area (TPSA) is 12.0 Å². The molecule has 0 aliphatic heterocycles. The van der Waals surface area contributed by atoms with Crippen LogP contribution in [-0.2, 0) is 0 Å². The van der Waals surface area contributed by atoms with Crippen molar-refractivity contribution in [1.29, 1.82) is 0 Å². The minimum atomic E-state index is 1.06. The van der Waals surface area contributed by atoms with E-state index in [2.05, 4.69) is 27.5 Å². The lowest BCUT2D eigenvalue weighted by Gasteiger charge is -1.97. The third-order valence-electron chi connectivity index (χ3n) is 0.754. The molecule has 0 aromatic rings. The number of nitrogens with one attached hydrogen (secondary N) is 1. The van der Waals surface area contributed by atoms with Crippen molar-refractivity contribution in [3.05, 3.63) is 0 Å². The van der Waals surface area contributed by atoms with Crippen LogP contribution >= 0.6 is 27.7 Å². The number of hydrogen-bond acceptors (Lipinski definition) is 2. The Morgan fingerprint density at radius 2 is 2.25 bits per heavy atom. The molecule has 3 heteroatoms. The fourth-order valence-corrected chi connectivity index (χ4v) is 0.995. The Kier molecular flexibility index (Phi) is 8.56. The van der Waals surface area contributed by atoms with Crippen LogP contribution in [0.4, 0.5) is 0 Å². The van der Waals surface area contributed by atoms with Gasteiger partial charge in [-0.2, -0.15) is 11.8 Å². The molecule has 1 N–H and O–H groups in total. The molecule has 50 valence electrons. The van der Waals surface area contributed by atoms with Crippen molar-refractivity contribution >= 4 is 27.7 Å². The Morgan fingerprint density at radius 1 is 1.50 bits per heavy atom. The van der Waals surface area contributed by atoms with Gasteiger partial charge in [0, 0.05) is 24.2 Å². The molecule has 0 aromatic heterocycles. The van der Waals surface area contributed by atoms with Crippen molar-refractivity contribution < 1.29 is 0 Å². The molecule has 0 saturated carbocycles. The predicted molar refractivity (Wildman–Crippen MR) is 45.0 cm³/mol. The highest BCUT2D eigenvalue weighted by Gasteiger charge is 1.81. The maximum absolute atomic E-state index is 3.33. The lowest BCUT2D eigenvalue weighted by atomic mass is 10.7. The summed E-state index contributed by atoms with van der Waals surface area (Å²) in [5.41, 5.74) is 0. The number of hydrogen-bond donors (Lipinski definition) is 1. The maximum atomic E-state index is 3.33. The van der Waals surface area contributed by atoms with Gasteiger partial charge >= 0.3 is 0 Å². The Balaban J connectivity index is 2.53. The van der Waals surface area contributed by atoms with Crippen LogP contribution in [0, 0.1) is 0 Å². The van der Waals surface area contributed by atoms with Gasteiger partial charge in [-0.25, -0.2) is 0 Å². The van der Waals surface area contributed by atoms with Crippen LogP contribution in [0.5, 0.6) is 0 Å². The van der Waals surface area contributed by atoms with Crippen molar-refractivity contribution in [3.63, 3.8) is 0 Å². The highest BCUT2D eigenvalue weighted by molar-refractivity contribution is 9.09. The van der Waals surface area contributed by atoms with Crippen molar-refractivity contribution in [3.8, 4) is 0 Å². The third-order valence-corrected chi connectivity index (χ3v) is 1.76. The molecule has 0 radical (unpaired) electrons. The van der Waals surface area contributed by atoms with E-state index >= 15 is 0 Å². The highest BCUT2D eigenvalue weighted by atomic mass is 79.9. The molecule has 0 saturated heterocycles. The average Bonchev–Trinajstić information content (AvgIpc) is 1.81. The predicted octanol–water partition coefficient (Wildman–Crippen LogP) is 1.33. The van der Waals surface area contributed by atoms with Gasteiger partial charge < -0.3 is 5.32 Å². The van der Waals surface area contributed by atoms with Gasteiger partial charge in [0.05, 0.1) is 0 Å².